The van der Waals surface area contributed by atoms with Crippen molar-refractivity contribution >= 4 is 11.6 Å². The molecule has 1 aliphatic heterocycles. The quantitative estimate of drug-likeness (QED) is 0.841. The summed E-state index contributed by atoms with van der Waals surface area (Å²) in [4.78, 5) is 14.3. The van der Waals surface area contributed by atoms with Crippen molar-refractivity contribution in [1.82, 2.24) is 4.90 Å². The number of hydrogen-bond donors (Lipinski definition) is 2. The number of anilines is 1. The predicted octanol–water partition coefficient (Wildman–Crippen LogP) is 3.32. The van der Waals surface area contributed by atoms with E-state index in [1.165, 1.54) is 17.7 Å². The lowest BCUT2D eigenvalue weighted by molar-refractivity contribution is -0.137. The summed E-state index contributed by atoms with van der Waals surface area (Å²) in [5.41, 5.74) is 6.45. The van der Waals surface area contributed by atoms with E-state index < -0.39 is 11.7 Å². The van der Waals surface area contributed by atoms with Crippen LogP contribution in [-0.4, -0.2) is 37.0 Å². The lowest BCUT2D eigenvalue weighted by atomic mass is 9.89. The van der Waals surface area contributed by atoms with Gasteiger partial charge in [0.1, 0.15) is 0 Å². The van der Waals surface area contributed by atoms with E-state index in [1.807, 2.05) is 23.1 Å². The van der Waals surface area contributed by atoms with E-state index in [0.717, 1.165) is 12.1 Å². The van der Waals surface area contributed by atoms with Crippen LogP contribution in [0.1, 0.15) is 17.0 Å². The van der Waals surface area contributed by atoms with Crippen molar-refractivity contribution in [2.24, 2.45) is 11.7 Å². The van der Waals surface area contributed by atoms with E-state index in [9.17, 15) is 18.0 Å². The highest BCUT2D eigenvalue weighted by Crippen LogP contribution is 2.32. The van der Waals surface area contributed by atoms with Crippen molar-refractivity contribution < 1.29 is 18.0 Å². The van der Waals surface area contributed by atoms with Gasteiger partial charge in [0.05, 0.1) is 12.1 Å². The topological polar surface area (TPSA) is 58.4 Å². The van der Waals surface area contributed by atoms with Gasteiger partial charge in [-0.3, -0.25) is 9.69 Å². The first-order chi connectivity index (χ1) is 12.9. The standard InChI is InChI=1S/C20H22F3N3O/c21-20(22,23)16-7-4-8-17(9-16)25-19(27)13-26-11-15(10-24)18(12-26)14-5-2-1-3-6-14/h1-9,15,18H,10-13,24H2,(H,25,27)/t15-,18+/m1/s1. The Kier molecular flexibility index (Phi) is 5.82. The molecule has 0 radical (unpaired) electrons. The summed E-state index contributed by atoms with van der Waals surface area (Å²) in [6, 6.07) is 14.7. The van der Waals surface area contributed by atoms with Crippen LogP contribution in [0.15, 0.2) is 54.6 Å². The first-order valence-electron chi connectivity index (χ1n) is 8.81. The average Bonchev–Trinajstić information content (AvgIpc) is 3.04. The second-order valence-corrected chi connectivity index (χ2v) is 6.83. The van der Waals surface area contributed by atoms with Gasteiger partial charge in [-0.2, -0.15) is 13.2 Å². The number of nitrogens with one attached hydrogen (secondary N) is 1. The molecule has 2 aromatic rings. The van der Waals surface area contributed by atoms with Crippen LogP contribution < -0.4 is 11.1 Å². The molecule has 1 saturated heterocycles. The van der Waals surface area contributed by atoms with Gasteiger partial charge >= 0.3 is 6.18 Å². The number of nitrogens with zero attached hydrogens (tertiary/aromatic N) is 1. The first-order valence-corrected chi connectivity index (χ1v) is 8.81. The number of amides is 1. The molecule has 3 rings (SSSR count). The minimum atomic E-state index is -4.44. The Morgan fingerprint density at radius 2 is 1.85 bits per heavy atom. The molecule has 4 nitrogen and oxygen atoms in total. The maximum Gasteiger partial charge on any atom is 0.416 e. The number of benzene rings is 2. The van der Waals surface area contributed by atoms with Gasteiger partial charge in [0.25, 0.3) is 0 Å². The Morgan fingerprint density at radius 3 is 2.52 bits per heavy atom. The van der Waals surface area contributed by atoms with E-state index in [1.54, 1.807) is 0 Å². The number of hydrogen-bond acceptors (Lipinski definition) is 3. The van der Waals surface area contributed by atoms with Crippen molar-refractivity contribution in [3.63, 3.8) is 0 Å². The molecule has 0 aromatic heterocycles. The van der Waals surface area contributed by atoms with Crippen LogP contribution >= 0.6 is 0 Å². The van der Waals surface area contributed by atoms with Gasteiger partial charge in [0.15, 0.2) is 0 Å². The van der Waals surface area contributed by atoms with Crippen molar-refractivity contribution in [3.8, 4) is 0 Å². The lowest BCUT2D eigenvalue weighted by Crippen LogP contribution is -2.32. The van der Waals surface area contributed by atoms with Crippen molar-refractivity contribution in [3.05, 3.63) is 65.7 Å². The molecular formula is C20H22F3N3O. The Hall–Kier alpha value is -2.38. The van der Waals surface area contributed by atoms with Gasteiger partial charge < -0.3 is 11.1 Å². The minimum absolute atomic E-state index is 0.121. The van der Waals surface area contributed by atoms with E-state index in [0.29, 0.717) is 19.6 Å². The monoisotopic (exact) mass is 377 g/mol. The Bertz CT molecular complexity index is 780. The van der Waals surface area contributed by atoms with Crippen LogP contribution in [0.25, 0.3) is 0 Å². The summed E-state index contributed by atoms with van der Waals surface area (Å²) in [5.74, 6) is 0.158. The largest absolute Gasteiger partial charge is 0.416 e. The highest BCUT2D eigenvalue weighted by molar-refractivity contribution is 5.92. The average molecular weight is 377 g/mol. The van der Waals surface area contributed by atoms with Gasteiger partial charge in [-0.15, -0.1) is 0 Å². The third kappa shape index (κ3) is 4.87. The van der Waals surface area contributed by atoms with E-state index >= 15 is 0 Å². The third-order valence-corrected chi connectivity index (χ3v) is 4.89. The number of carbonyl (C=O) groups is 1. The normalized spacial score (nSPS) is 20.6. The molecule has 3 N–H and O–H groups in total. The van der Waals surface area contributed by atoms with Crippen LogP contribution in [-0.2, 0) is 11.0 Å². The second kappa shape index (κ2) is 8.10. The SMILES string of the molecule is NC[C@@H]1CN(CC(=O)Nc2cccc(C(F)(F)F)c2)C[C@H]1c1ccccc1. The molecule has 0 spiro atoms. The summed E-state index contributed by atoms with van der Waals surface area (Å²) in [7, 11) is 0. The minimum Gasteiger partial charge on any atom is -0.330 e. The smallest absolute Gasteiger partial charge is 0.330 e. The molecule has 2 atom stereocenters. The van der Waals surface area contributed by atoms with Gasteiger partial charge in [0, 0.05) is 24.7 Å². The summed E-state index contributed by atoms with van der Waals surface area (Å²) in [6.07, 6.45) is -4.44. The molecule has 1 aliphatic rings. The van der Waals surface area contributed by atoms with E-state index in [-0.39, 0.29) is 30.0 Å². The number of halogens is 3. The number of alkyl halides is 3. The van der Waals surface area contributed by atoms with Crippen LogP contribution in [0, 0.1) is 5.92 Å². The van der Waals surface area contributed by atoms with Crippen LogP contribution in [0.2, 0.25) is 0 Å². The van der Waals surface area contributed by atoms with Gasteiger partial charge in [0.2, 0.25) is 5.91 Å². The fourth-order valence-corrected chi connectivity index (χ4v) is 3.58. The molecular weight excluding hydrogens is 355 g/mol. The maximum atomic E-state index is 12.8. The van der Waals surface area contributed by atoms with E-state index in [2.05, 4.69) is 17.4 Å². The molecule has 1 amide bonds. The zero-order valence-electron chi connectivity index (χ0n) is 14.7. The molecule has 0 unspecified atom stereocenters. The summed E-state index contributed by atoms with van der Waals surface area (Å²) < 4.78 is 38.4. The van der Waals surface area contributed by atoms with Crippen molar-refractivity contribution in [2.75, 3.05) is 31.5 Å². The van der Waals surface area contributed by atoms with Crippen LogP contribution in [0.3, 0.4) is 0 Å². The highest BCUT2D eigenvalue weighted by atomic mass is 19.4. The Morgan fingerprint density at radius 1 is 1.11 bits per heavy atom. The highest BCUT2D eigenvalue weighted by Gasteiger charge is 2.34. The molecule has 144 valence electrons. The molecule has 0 aliphatic carbocycles. The second-order valence-electron chi connectivity index (χ2n) is 6.83. The number of likely N-dealkylation sites (tertiary alicyclic amines) is 1. The fraction of sp³-hybridized carbons (Fsp3) is 0.350. The Labute approximate surface area is 156 Å². The van der Waals surface area contributed by atoms with E-state index in [4.69, 9.17) is 5.73 Å². The summed E-state index contributed by atoms with van der Waals surface area (Å²) >= 11 is 0. The number of rotatable bonds is 5. The van der Waals surface area contributed by atoms with Gasteiger partial charge in [-0.1, -0.05) is 36.4 Å². The first kappa shape index (κ1) is 19.4. The zero-order chi connectivity index (χ0) is 19.4. The number of nitrogens with two attached hydrogens (primary N) is 1. The molecule has 7 heteroatoms. The molecule has 0 bridgehead atoms. The molecule has 1 fully saturated rings. The lowest BCUT2D eigenvalue weighted by Gasteiger charge is -2.17. The molecule has 2 aromatic carbocycles. The fourth-order valence-electron chi connectivity index (χ4n) is 3.58. The van der Waals surface area contributed by atoms with Crippen molar-refractivity contribution in [1.29, 1.82) is 0 Å². The predicted molar refractivity (Wildman–Crippen MR) is 98.2 cm³/mol. The number of carbonyl (C=O) groups excluding carboxylic acids is 1. The third-order valence-electron chi connectivity index (χ3n) is 4.89. The van der Waals surface area contributed by atoms with Gasteiger partial charge in [-0.25, -0.2) is 0 Å². The summed E-state index contributed by atoms with van der Waals surface area (Å²) in [6.45, 7) is 2.02. The maximum absolute atomic E-state index is 12.8. The zero-order valence-corrected chi connectivity index (χ0v) is 14.7. The Balaban J connectivity index is 1.62. The molecule has 1 heterocycles. The summed E-state index contributed by atoms with van der Waals surface area (Å²) in [5, 5.41) is 2.56. The van der Waals surface area contributed by atoms with Gasteiger partial charge in [-0.05, 0) is 36.2 Å². The van der Waals surface area contributed by atoms with Crippen LogP contribution in [0.4, 0.5) is 18.9 Å². The van der Waals surface area contributed by atoms with Crippen molar-refractivity contribution in [2.45, 2.75) is 12.1 Å². The van der Waals surface area contributed by atoms with Crippen LogP contribution in [0.5, 0.6) is 0 Å². The molecule has 0 saturated carbocycles. The molecule has 27 heavy (non-hydrogen) atoms.